The Bertz CT molecular complexity index is 941. The van der Waals surface area contributed by atoms with Gasteiger partial charge in [-0.25, -0.2) is 9.67 Å². The van der Waals surface area contributed by atoms with Crippen LogP contribution in [0.4, 0.5) is 11.4 Å². The second-order valence-corrected chi connectivity index (χ2v) is 6.66. The van der Waals surface area contributed by atoms with Crippen LogP contribution in [0, 0.1) is 0 Å². The van der Waals surface area contributed by atoms with Crippen molar-refractivity contribution < 1.29 is 9.59 Å². The van der Waals surface area contributed by atoms with Crippen molar-refractivity contribution in [3.05, 3.63) is 71.8 Å². The average Bonchev–Trinajstić information content (AvgIpc) is 3.23. The third-order valence-electron chi connectivity index (χ3n) is 4.23. The van der Waals surface area contributed by atoms with Crippen molar-refractivity contribution in [1.29, 1.82) is 0 Å². The van der Waals surface area contributed by atoms with E-state index in [1.165, 1.54) is 17.3 Å². The van der Waals surface area contributed by atoms with E-state index >= 15 is 0 Å². The molecule has 1 aromatic heterocycles. The maximum Gasteiger partial charge on any atom is 0.249 e. The van der Waals surface area contributed by atoms with Crippen molar-refractivity contribution in [3.8, 4) is 0 Å². The molecule has 0 aliphatic heterocycles. The fourth-order valence-corrected chi connectivity index (χ4v) is 2.82. The van der Waals surface area contributed by atoms with Crippen LogP contribution in [-0.2, 0) is 16.0 Å². The molecule has 28 heavy (non-hydrogen) atoms. The molecule has 0 aliphatic rings. The molecule has 2 aromatic carbocycles. The summed E-state index contributed by atoms with van der Waals surface area (Å²) in [4.78, 5) is 28.2. The van der Waals surface area contributed by atoms with Crippen LogP contribution >= 0.6 is 11.6 Å². The molecule has 144 valence electrons. The molecule has 1 atom stereocenters. The van der Waals surface area contributed by atoms with Gasteiger partial charge in [-0.05, 0) is 49.2 Å². The van der Waals surface area contributed by atoms with Crippen molar-refractivity contribution in [2.75, 3.05) is 10.6 Å². The van der Waals surface area contributed by atoms with E-state index in [1.807, 2.05) is 24.3 Å². The van der Waals surface area contributed by atoms with Crippen LogP contribution in [0.1, 0.15) is 24.9 Å². The Morgan fingerprint density at radius 2 is 1.75 bits per heavy atom. The fraction of sp³-hybridized carbons (Fsp3) is 0.200. The Morgan fingerprint density at radius 1 is 1.07 bits per heavy atom. The summed E-state index contributed by atoms with van der Waals surface area (Å²) in [6, 6.07) is 13.9. The van der Waals surface area contributed by atoms with E-state index in [0.717, 1.165) is 5.56 Å². The zero-order chi connectivity index (χ0) is 19.9. The van der Waals surface area contributed by atoms with Gasteiger partial charge in [-0.15, -0.1) is 0 Å². The van der Waals surface area contributed by atoms with Crippen molar-refractivity contribution in [2.45, 2.75) is 25.8 Å². The highest BCUT2D eigenvalue weighted by molar-refractivity contribution is 6.31. The lowest BCUT2D eigenvalue weighted by molar-refractivity contribution is -0.119. The summed E-state index contributed by atoms with van der Waals surface area (Å²) in [5.41, 5.74) is 2.23. The predicted octanol–water partition coefficient (Wildman–Crippen LogP) is 3.70. The first kappa shape index (κ1) is 19.6. The number of nitrogens with zero attached hydrogens (tertiary/aromatic N) is 3. The number of aryl methyl sites for hydroxylation is 1. The van der Waals surface area contributed by atoms with Crippen LogP contribution in [0.2, 0.25) is 5.02 Å². The van der Waals surface area contributed by atoms with E-state index in [1.54, 1.807) is 31.2 Å². The van der Waals surface area contributed by atoms with Crippen LogP contribution in [0.25, 0.3) is 0 Å². The number of rotatable bonds is 7. The zero-order valence-electron chi connectivity index (χ0n) is 15.3. The average molecular weight is 398 g/mol. The largest absolute Gasteiger partial charge is 0.326 e. The molecular formula is C20H20ClN5O2. The van der Waals surface area contributed by atoms with E-state index in [-0.39, 0.29) is 11.8 Å². The van der Waals surface area contributed by atoms with Gasteiger partial charge >= 0.3 is 0 Å². The number of anilines is 2. The van der Waals surface area contributed by atoms with Gasteiger partial charge in [-0.2, -0.15) is 5.10 Å². The Kier molecular flexibility index (Phi) is 6.39. The number of carbonyl (C=O) groups is 2. The number of amides is 2. The molecule has 3 aromatic rings. The number of aromatic nitrogens is 3. The lowest BCUT2D eigenvalue weighted by Gasteiger charge is -2.12. The lowest BCUT2D eigenvalue weighted by atomic mass is 10.1. The summed E-state index contributed by atoms with van der Waals surface area (Å²) >= 11 is 6.11. The molecule has 2 N–H and O–H groups in total. The summed E-state index contributed by atoms with van der Waals surface area (Å²) in [7, 11) is 0. The minimum absolute atomic E-state index is 0.100. The summed E-state index contributed by atoms with van der Waals surface area (Å²) < 4.78 is 1.48. The highest BCUT2D eigenvalue weighted by atomic mass is 35.5. The summed E-state index contributed by atoms with van der Waals surface area (Å²) in [5.74, 6) is -0.307. The van der Waals surface area contributed by atoms with Gasteiger partial charge in [-0.1, -0.05) is 29.8 Å². The standard InChI is InChI=1S/C20H20ClN5O2/c1-14(26-13-22-12-23-26)20(28)25-17-9-7-16(8-10-17)24-19(27)11-6-15-4-2-3-5-18(15)21/h2-5,7-10,12-14H,6,11H2,1H3,(H,24,27)(H,25,28)/t14-/m0/s1. The number of nitrogens with one attached hydrogen (secondary N) is 2. The van der Waals surface area contributed by atoms with E-state index in [9.17, 15) is 9.59 Å². The number of benzene rings is 2. The van der Waals surface area contributed by atoms with Gasteiger partial charge in [0, 0.05) is 22.8 Å². The van der Waals surface area contributed by atoms with E-state index in [0.29, 0.717) is 29.2 Å². The first-order valence-electron chi connectivity index (χ1n) is 8.81. The summed E-state index contributed by atoms with van der Waals surface area (Å²) in [6.45, 7) is 1.73. The molecular weight excluding hydrogens is 378 g/mol. The Balaban J connectivity index is 1.50. The fourth-order valence-electron chi connectivity index (χ4n) is 2.59. The Morgan fingerprint density at radius 3 is 2.39 bits per heavy atom. The second-order valence-electron chi connectivity index (χ2n) is 6.26. The molecule has 3 rings (SSSR count). The summed E-state index contributed by atoms with van der Waals surface area (Å²) in [5, 5.41) is 10.3. The molecule has 7 nitrogen and oxygen atoms in total. The minimum Gasteiger partial charge on any atom is -0.326 e. The van der Waals surface area contributed by atoms with E-state index < -0.39 is 6.04 Å². The topological polar surface area (TPSA) is 88.9 Å². The van der Waals surface area contributed by atoms with Gasteiger partial charge in [-0.3, -0.25) is 9.59 Å². The van der Waals surface area contributed by atoms with Crippen LogP contribution in [-0.4, -0.2) is 26.6 Å². The highest BCUT2D eigenvalue weighted by Gasteiger charge is 2.15. The highest BCUT2D eigenvalue weighted by Crippen LogP contribution is 2.18. The quantitative estimate of drug-likeness (QED) is 0.636. The predicted molar refractivity (Wildman–Crippen MR) is 108 cm³/mol. The summed E-state index contributed by atoms with van der Waals surface area (Å²) in [6.07, 6.45) is 3.77. The molecule has 2 amide bonds. The number of halogens is 1. The molecule has 0 bridgehead atoms. The Labute approximate surface area is 167 Å². The second kappa shape index (κ2) is 9.14. The lowest BCUT2D eigenvalue weighted by Crippen LogP contribution is -2.24. The SMILES string of the molecule is C[C@@H](C(=O)Nc1ccc(NC(=O)CCc2ccccc2Cl)cc1)n1cncn1. The van der Waals surface area contributed by atoms with Gasteiger partial charge < -0.3 is 10.6 Å². The first-order valence-corrected chi connectivity index (χ1v) is 9.19. The normalized spacial score (nSPS) is 11.6. The molecule has 0 saturated carbocycles. The molecule has 0 aliphatic carbocycles. The van der Waals surface area contributed by atoms with Crippen molar-refractivity contribution in [1.82, 2.24) is 14.8 Å². The van der Waals surface area contributed by atoms with Crippen molar-refractivity contribution >= 4 is 34.8 Å². The van der Waals surface area contributed by atoms with Crippen LogP contribution in [0.15, 0.2) is 61.2 Å². The molecule has 0 radical (unpaired) electrons. The van der Waals surface area contributed by atoms with Crippen molar-refractivity contribution in [3.63, 3.8) is 0 Å². The molecule has 8 heteroatoms. The number of hydrogen-bond acceptors (Lipinski definition) is 4. The van der Waals surface area contributed by atoms with Crippen molar-refractivity contribution in [2.24, 2.45) is 0 Å². The number of hydrogen-bond donors (Lipinski definition) is 2. The first-order chi connectivity index (χ1) is 13.5. The number of carbonyl (C=O) groups excluding carboxylic acids is 2. The molecule has 0 fully saturated rings. The van der Waals surface area contributed by atoms with Crippen LogP contribution in [0.5, 0.6) is 0 Å². The van der Waals surface area contributed by atoms with Crippen LogP contribution < -0.4 is 10.6 Å². The third kappa shape index (κ3) is 5.17. The third-order valence-corrected chi connectivity index (χ3v) is 4.60. The van der Waals surface area contributed by atoms with E-state index in [4.69, 9.17) is 11.6 Å². The van der Waals surface area contributed by atoms with Gasteiger partial charge in [0.15, 0.2) is 0 Å². The van der Waals surface area contributed by atoms with E-state index in [2.05, 4.69) is 20.7 Å². The Hall–Kier alpha value is -3.19. The van der Waals surface area contributed by atoms with Crippen LogP contribution in [0.3, 0.4) is 0 Å². The molecule has 1 heterocycles. The smallest absolute Gasteiger partial charge is 0.249 e. The molecule has 0 saturated heterocycles. The van der Waals surface area contributed by atoms with Gasteiger partial charge in [0.2, 0.25) is 11.8 Å². The van der Waals surface area contributed by atoms with Gasteiger partial charge in [0.05, 0.1) is 0 Å². The molecule has 0 unspecified atom stereocenters. The van der Waals surface area contributed by atoms with Gasteiger partial charge in [0.1, 0.15) is 18.7 Å². The molecule has 0 spiro atoms. The maximum atomic E-state index is 12.2. The maximum absolute atomic E-state index is 12.2. The monoisotopic (exact) mass is 397 g/mol. The van der Waals surface area contributed by atoms with Gasteiger partial charge in [0.25, 0.3) is 0 Å². The minimum atomic E-state index is -0.480. The zero-order valence-corrected chi connectivity index (χ0v) is 16.1.